The van der Waals surface area contributed by atoms with Crippen molar-refractivity contribution in [1.29, 1.82) is 0 Å². The van der Waals surface area contributed by atoms with Crippen molar-refractivity contribution >= 4 is 38.5 Å². The first-order valence-electron chi connectivity index (χ1n) is 4.87. The Morgan fingerprint density at radius 1 is 1.56 bits per heavy atom. The molecule has 0 fully saturated rings. The van der Waals surface area contributed by atoms with Crippen LogP contribution in [-0.4, -0.2) is 17.6 Å². The van der Waals surface area contributed by atoms with Crippen LogP contribution in [0.25, 0.3) is 10.9 Å². The highest BCUT2D eigenvalue weighted by Gasteiger charge is 2.16. The maximum absolute atomic E-state index is 11.6. The first-order chi connectivity index (χ1) is 7.63. The van der Waals surface area contributed by atoms with E-state index >= 15 is 0 Å². The van der Waals surface area contributed by atoms with E-state index in [1.54, 1.807) is 6.92 Å². The van der Waals surface area contributed by atoms with E-state index in [0.29, 0.717) is 18.0 Å². The fourth-order valence-corrected chi connectivity index (χ4v) is 1.92. The number of nitrogens with two attached hydrogens (primary N) is 1. The molecule has 3 N–H and O–H groups in total. The molecule has 1 heterocycles. The van der Waals surface area contributed by atoms with Gasteiger partial charge >= 0.3 is 5.97 Å². The molecular weight excluding hydrogens is 272 g/mol. The Hall–Kier alpha value is -1.49. The number of anilines is 1. The van der Waals surface area contributed by atoms with Gasteiger partial charge in [0.1, 0.15) is 5.69 Å². The summed E-state index contributed by atoms with van der Waals surface area (Å²) in [6, 6.07) is 5.60. The lowest BCUT2D eigenvalue weighted by Crippen LogP contribution is -2.07. The average molecular weight is 283 g/mol. The van der Waals surface area contributed by atoms with Crippen molar-refractivity contribution in [1.82, 2.24) is 4.98 Å². The molecule has 0 spiro atoms. The van der Waals surface area contributed by atoms with Crippen molar-refractivity contribution in [2.75, 3.05) is 12.3 Å². The van der Waals surface area contributed by atoms with Crippen LogP contribution in [0.1, 0.15) is 17.4 Å². The highest BCUT2D eigenvalue weighted by atomic mass is 79.9. The first-order valence-corrected chi connectivity index (χ1v) is 5.66. The number of H-pyrrole nitrogens is 1. The fourth-order valence-electron chi connectivity index (χ4n) is 1.56. The number of aromatic nitrogens is 1. The smallest absolute Gasteiger partial charge is 0.356 e. The molecule has 2 aromatic rings. The van der Waals surface area contributed by atoms with Gasteiger partial charge in [0.25, 0.3) is 0 Å². The normalized spacial score (nSPS) is 10.6. The Balaban J connectivity index is 2.55. The Morgan fingerprint density at radius 2 is 2.31 bits per heavy atom. The molecule has 0 radical (unpaired) electrons. The summed E-state index contributed by atoms with van der Waals surface area (Å²) in [6.45, 7) is 2.09. The van der Waals surface area contributed by atoms with Gasteiger partial charge in [-0.2, -0.15) is 0 Å². The number of ether oxygens (including phenoxy) is 1. The standard InChI is InChI=1S/C11H11BrN2O2/c1-2-16-11(15)10-9(13)7-4-3-6(12)5-8(7)14-10/h3-5,14H,2,13H2,1H3. The van der Waals surface area contributed by atoms with Gasteiger partial charge in [-0.3, -0.25) is 0 Å². The average Bonchev–Trinajstić information content (AvgIpc) is 2.56. The molecule has 0 aliphatic heterocycles. The van der Waals surface area contributed by atoms with Crippen LogP contribution < -0.4 is 5.73 Å². The number of carbonyl (C=O) groups excluding carboxylic acids is 1. The van der Waals surface area contributed by atoms with Gasteiger partial charge in [0.05, 0.1) is 12.3 Å². The molecule has 0 saturated carbocycles. The summed E-state index contributed by atoms with van der Waals surface area (Å²) < 4.78 is 5.83. The molecule has 1 aromatic heterocycles. The second-order valence-corrected chi connectivity index (χ2v) is 4.24. The number of fused-ring (bicyclic) bond motifs is 1. The van der Waals surface area contributed by atoms with E-state index in [2.05, 4.69) is 20.9 Å². The largest absolute Gasteiger partial charge is 0.461 e. The molecule has 0 bridgehead atoms. The molecular formula is C11H11BrN2O2. The summed E-state index contributed by atoms with van der Waals surface area (Å²) in [7, 11) is 0. The number of esters is 1. The summed E-state index contributed by atoms with van der Waals surface area (Å²) in [4.78, 5) is 14.5. The molecule has 16 heavy (non-hydrogen) atoms. The summed E-state index contributed by atoms with van der Waals surface area (Å²) in [6.07, 6.45) is 0. The van der Waals surface area contributed by atoms with Gasteiger partial charge in [0, 0.05) is 15.4 Å². The lowest BCUT2D eigenvalue weighted by molar-refractivity contribution is 0.0522. The summed E-state index contributed by atoms with van der Waals surface area (Å²) >= 11 is 3.36. The number of carbonyl (C=O) groups is 1. The number of hydrogen-bond acceptors (Lipinski definition) is 3. The third kappa shape index (κ3) is 1.78. The predicted octanol–water partition coefficient (Wildman–Crippen LogP) is 2.69. The monoisotopic (exact) mass is 282 g/mol. The highest BCUT2D eigenvalue weighted by molar-refractivity contribution is 9.10. The minimum Gasteiger partial charge on any atom is -0.461 e. The SMILES string of the molecule is CCOC(=O)c1[nH]c2cc(Br)ccc2c1N. The van der Waals surface area contributed by atoms with Gasteiger partial charge in [0.15, 0.2) is 0 Å². The van der Waals surface area contributed by atoms with Gasteiger partial charge in [-0.05, 0) is 25.1 Å². The Morgan fingerprint density at radius 3 is 3.00 bits per heavy atom. The van der Waals surface area contributed by atoms with Crippen molar-refractivity contribution in [3.63, 3.8) is 0 Å². The number of rotatable bonds is 2. The number of aromatic amines is 1. The molecule has 2 rings (SSSR count). The molecule has 0 unspecified atom stereocenters. The van der Waals surface area contributed by atoms with Crippen LogP contribution in [0, 0.1) is 0 Å². The van der Waals surface area contributed by atoms with Crippen LogP contribution in [0.3, 0.4) is 0 Å². The van der Waals surface area contributed by atoms with E-state index < -0.39 is 5.97 Å². The van der Waals surface area contributed by atoms with E-state index in [9.17, 15) is 4.79 Å². The molecule has 0 saturated heterocycles. The minimum absolute atomic E-state index is 0.315. The second-order valence-electron chi connectivity index (χ2n) is 3.32. The molecule has 0 amide bonds. The van der Waals surface area contributed by atoms with Crippen LogP contribution in [0.5, 0.6) is 0 Å². The van der Waals surface area contributed by atoms with E-state index in [-0.39, 0.29) is 0 Å². The van der Waals surface area contributed by atoms with Crippen molar-refractivity contribution in [3.05, 3.63) is 28.4 Å². The zero-order valence-corrected chi connectivity index (χ0v) is 10.3. The maximum Gasteiger partial charge on any atom is 0.356 e. The molecule has 84 valence electrons. The number of nitrogens with one attached hydrogen (secondary N) is 1. The van der Waals surface area contributed by atoms with Crippen LogP contribution in [-0.2, 0) is 4.74 Å². The van der Waals surface area contributed by atoms with Gasteiger partial charge in [-0.25, -0.2) is 4.79 Å². The Labute approximate surface area is 101 Å². The number of halogens is 1. The van der Waals surface area contributed by atoms with Crippen LogP contribution >= 0.6 is 15.9 Å². The van der Waals surface area contributed by atoms with Crippen LogP contribution in [0.15, 0.2) is 22.7 Å². The van der Waals surface area contributed by atoms with Crippen molar-refractivity contribution < 1.29 is 9.53 Å². The number of nitrogen functional groups attached to an aromatic ring is 1. The predicted molar refractivity (Wildman–Crippen MR) is 66.4 cm³/mol. The second kappa shape index (κ2) is 4.17. The molecule has 0 aliphatic rings. The summed E-state index contributed by atoms with van der Waals surface area (Å²) in [5, 5.41) is 0.825. The lowest BCUT2D eigenvalue weighted by atomic mass is 10.2. The van der Waals surface area contributed by atoms with Gasteiger partial charge in [0.2, 0.25) is 0 Å². The molecule has 0 aliphatic carbocycles. The van der Waals surface area contributed by atoms with Gasteiger partial charge in [-0.15, -0.1) is 0 Å². The van der Waals surface area contributed by atoms with Crippen molar-refractivity contribution in [2.24, 2.45) is 0 Å². The third-order valence-corrected chi connectivity index (χ3v) is 2.77. The summed E-state index contributed by atoms with van der Waals surface area (Å²) in [5.41, 5.74) is 7.43. The van der Waals surface area contributed by atoms with Crippen LogP contribution in [0.2, 0.25) is 0 Å². The zero-order valence-electron chi connectivity index (χ0n) is 8.71. The Kier molecular flexibility index (Phi) is 2.87. The van der Waals surface area contributed by atoms with Crippen molar-refractivity contribution in [3.8, 4) is 0 Å². The Bertz CT molecular complexity index is 548. The first kappa shape index (κ1) is 11.0. The van der Waals surface area contributed by atoms with E-state index in [1.165, 1.54) is 0 Å². The summed E-state index contributed by atoms with van der Waals surface area (Å²) in [5.74, 6) is -0.424. The molecule has 1 aromatic carbocycles. The maximum atomic E-state index is 11.6. The number of hydrogen-bond donors (Lipinski definition) is 2. The lowest BCUT2D eigenvalue weighted by Gasteiger charge is -1.99. The van der Waals surface area contributed by atoms with Crippen LogP contribution in [0.4, 0.5) is 5.69 Å². The fraction of sp³-hybridized carbons (Fsp3) is 0.182. The van der Waals surface area contributed by atoms with E-state index in [1.807, 2.05) is 18.2 Å². The van der Waals surface area contributed by atoms with Gasteiger partial charge in [-0.1, -0.05) is 15.9 Å². The van der Waals surface area contributed by atoms with E-state index in [4.69, 9.17) is 10.5 Å². The molecule has 4 nitrogen and oxygen atoms in total. The van der Waals surface area contributed by atoms with Gasteiger partial charge < -0.3 is 15.5 Å². The minimum atomic E-state index is -0.424. The molecule has 5 heteroatoms. The quantitative estimate of drug-likeness (QED) is 0.832. The zero-order chi connectivity index (χ0) is 11.7. The van der Waals surface area contributed by atoms with E-state index in [0.717, 1.165) is 15.4 Å². The van der Waals surface area contributed by atoms with Crippen molar-refractivity contribution in [2.45, 2.75) is 6.92 Å². The topological polar surface area (TPSA) is 68.1 Å². The third-order valence-electron chi connectivity index (χ3n) is 2.28. The molecule has 0 atom stereocenters. The number of benzene rings is 1. The highest BCUT2D eigenvalue weighted by Crippen LogP contribution is 2.27.